The Morgan fingerprint density at radius 1 is 1.45 bits per heavy atom. The first-order valence-corrected chi connectivity index (χ1v) is 3.42. The summed E-state index contributed by atoms with van der Waals surface area (Å²) in [7, 11) is 0. The van der Waals surface area contributed by atoms with Gasteiger partial charge in [0.15, 0.2) is 0 Å². The van der Waals surface area contributed by atoms with Crippen molar-refractivity contribution in [3.05, 3.63) is 0 Å². The standard InChI is InChI=1S/C7H8N2O2/c8-2-1-5-3-6(10)9-7(11)4-5/h5H,1,3-4H2,(H,9,10,11). The number of rotatable bonds is 1. The number of nitriles is 1. The summed E-state index contributed by atoms with van der Waals surface area (Å²) < 4.78 is 0. The van der Waals surface area contributed by atoms with E-state index in [1.165, 1.54) is 0 Å². The molecule has 0 atom stereocenters. The second-order valence-corrected chi connectivity index (χ2v) is 2.61. The molecule has 1 aliphatic heterocycles. The second-order valence-electron chi connectivity index (χ2n) is 2.61. The van der Waals surface area contributed by atoms with E-state index in [4.69, 9.17) is 5.26 Å². The van der Waals surface area contributed by atoms with Crippen LogP contribution in [-0.2, 0) is 9.59 Å². The van der Waals surface area contributed by atoms with Gasteiger partial charge in [-0.3, -0.25) is 14.9 Å². The lowest BCUT2D eigenvalue weighted by atomic mass is 9.94. The molecule has 1 rings (SSSR count). The lowest BCUT2D eigenvalue weighted by Crippen LogP contribution is -2.38. The highest BCUT2D eigenvalue weighted by molar-refractivity contribution is 5.97. The van der Waals surface area contributed by atoms with Crippen molar-refractivity contribution in [3.63, 3.8) is 0 Å². The van der Waals surface area contributed by atoms with Crippen LogP contribution in [0.25, 0.3) is 0 Å². The number of carbonyl (C=O) groups excluding carboxylic acids is 2. The van der Waals surface area contributed by atoms with E-state index >= 15 is 0 Å². The third-order valence-corrected chi connectivity index (χ3v) is 1.61. The summed E-state index contributed by atoms with van der Waals surface area (Å²) in [6.45, 7) is 0. The van der Waals surface area contributed by atoms with Crippen molar-refractivity contribution in [1.29, 1.82) is 5.26 Å². The number of hydrogen-bond donors (Lipinski definition) is 1. The summed E-state index contributed by atoms with van der Waals surface area (Å²) in [4.78, 5) is 21.4. The zero-order chi connectivity index (χ0) is 8.27. The van der Waals surface area contributed by atoms with Crippen LogP contribution in [0.1, 0.15) is 19.3 Å². The first-order chi connectivity index (χ1) is 5.22. The minimum absolute atomic E-state index is 0.0683. The molecule has 0 unspecified atom stereocenters. The quantitative estimate of drug-likeness (QED) is 0.535. The summed E-state index contributed by atoms with van der Waals surface area (Å²) in [5.41, 5.74) is 0. The molecule has 11 heavy (non-hydrogen) atoms. The van der Waals surface area contributed by atoms with E-state index in [0.29, 0.717) is 19.3 Å². The zero-order valence-corrected chi connectivity index (χ0v) is 5.96. The Bertz CT molecular complexity index is 213. The van der Waals surface area contributed by atoms with Gasteiger partial charge in [-0.15, -0.1) is 0 Å². The van der Waals surface area contributed by atoms with Gasteiger partial charge in [-0.1, -0.05) is 0 Å². The number of imide groups is 1. The van der Waals surface area contributed by atoms with Gasteiger partial charge in [-0.2, -0.15) is 5.26 Å². The van der Waals surface area contributed by atoms with E-state index in [2.05, 4.69) is 5.32 Å². The van der Waals surface area contributed by atoms with Gasteiger partial charge in [0.2, 0.25) is 11.8 Å². The molecule has 0 radical (unpaired) electrons. The average Bonchev–Trinajstić information content (AvgIpc) is 1.85. The molecular weight excluding hydrogens is 144 g/mol. The Morgan fingerprint density at radius 3 is 2.45 bits per heavy atom. The molecule has 4 heteroatoms. The molecule has 0 bridgehead atoms. The second kappa shape index (κ2) is 3.15. The predicted octanol–water partition coefficient (Wildman–Crippen LogP) is -0.0471. The van der Waals surface area contributed by atoms with Crippen LogP contribution in [0.15, 0.2) is 0 Å². The summed E-state index contributed by atoms with van der Waals surface area (Å²) in [5, 5.41) is 10.5. The van der Waals surface area contributed by atoms with Crippen molar-refractivity contribution in [2.75, 3.05) is 0 Å². The number of nitrogens with zero attached hydrogens (tertiary/aromatic N) is 1. The smallest absolute Gasteiger partial charge is 0.226 e. The molecule has 2 amide bonds. The third-order valence-electron chi connectivity index (χ3n) is 1.61. The Labute approximate surface area is 64.2 Å². The van der Waals surface area contributed by atoms with Crippen LogP contribution in [0.3, 0.4) is 0 Å². The van der Waals surface area contributed by atoms with Gasteiger partial charge in [0.1, 0.15) is 0 Å². The summed E-state index contributed by atoms with van der Waals surface area (Å²) in [6.07, 6.45) is 0.901. The Kier molecular flexibility index (Phi) is 2.21. The van der Waals surface area contributed by atoms with Crippen LogP contribution >= 0.6 is 0 Å². The third kappa shape index (κ3) is 2.04. The minimum atomic E-state index is -0.262. The van der Waals surface area contributed by atoms with Gasteiger partial charge >= 0.3 is 0 Å². The van der Waals surface area contributed by atoms with Crippen molar-refractivity contribution in [1.82, 2.24) is 5.32 Å². The number of piperidine rings is 1. The highest BCUT2D eigenvalue weighted by atomic mass is 16.2. The van der Waals surface area contributed by atoms with Crippen LogP contribution in [0.2, 0.25) is 0 Å². The lowest BCUT2D eigenvalue weighted by molar-refractivity contribution is -0.134. The van der Waals surface area contributed by atoms with Crippen LogP contribution in [-0.4, -0.2) is 11.8 Å². The monoisotopic (exact) mass is 152 g/mol. The largest absolute Gasteiger partial charge is 0.296 e. The first-order valence-electron chi connectivity index (χ1n) is 3.42. The number of hydrogen-bond acceptors (Lipinski definition) is 3. The molecule has 4 nitrogen and oxygen atoms in total. The molecule has 1 fully saturated rings. The molecule has 58 valence electrons. The van der Waals surface area contributed by atoms with Crippen molar-refractivity contribution < 1.29 is 9.59 Å². The SMILES string of the molecule is N#CCC1CC(=O)NC(=O)C1. The van der Waals surface area contributed by atoms with Crippen LogP contribution in [0.5, 0.6) is 0 Å². The Hall–Kier alpha value is -1.37. The zero-order valence-electron chi connectivity index (χ0n) is 5.96. The maximum absolute atomic E-state index is 10.7. The molecule has 0 aromatic carbocycles. The maximum atomic E-state index is 10.7. The topological polar surface area (TPSA) is 70.0 Å². The molecule has 0 saturated carbocycles. The van der Waals surface area contributed by atoms with Gasteiger partial charge in [-0.05, 0) is 5.92 Å². The molecule has 1 N–H and O–H groups in total. The van der Waals surface area contributed by atoms with E-state index < -0.39 is 0 Å². The van der Waals surface area contributed by atoms with E-state index in [1.54, 1.807) is 0 Å². The van der Waals surface area contributed by atoms with Crippen molar-refractivity contribution in [2.45, 2.75) is 19.3 Å². The summed E-state index contributed by atoms with van der Waals surface area (Å²) in [5.74, 6) is -0.593. The van der Waals surface area contributed by atoms with Gasteiger partial charge in [-0.25, -0.2) is 0 Å². The molecule has 1 heterocycles. The highest BCUT2D eigenvalue weighted by Crippen LogP contribution is 2.16. The normalized spacial score (nSPS) is 19.2. The fourth-order valence-electron chi connectivity index (χ4n) is 1.13. The highest BCUT2D eigenvalue weighted by Gasteiger charge is 2.24. The molecule has 0 aromatic heterocycles. The lowest BCUT2D eigenvalue weighted by Gasteiger charge is -2.17. The average molecular weight is 152 g/mol. The van der Waals surface area contributed by atoms with E-state index in [-0.39, 0.29) is 17.7 Å². The minimum Gasteiger partial charge on any atom is -0.296 e. The molecule has 0 aromatic rings. The number of nitrogens with one attached hydrogen (secondary N) is 1. The van der Waals surface area contributed by atoms with Gasteiger partial charge < -0.3 is 0 Å². The molecule has 0 spiro atoms. The summed E-state index contributed by atoms with van der Waals surface area (Å²) in [6, 6.07) is 1.95. The van der Waals surface area contributed by atoms with Gasteiger partial charge in [0.25, 0.3) is 0 Å². The fourth-order valence-corrected chi connectivity index (χ4v) is 1.13. The number of carbonyl (C=O) groups is 2. The molecule has 1 aliphatic rings. The van der Waals surface area contributed by atoms with Crippen molar-refractivity contribution in [2.24, 2.45) is 5.92 Å². The molecule has 0 aliphatic carbocycles. The van der Waals surface area contributed by atoms with Crippen LogP contribution < -0.4 is 5.32 Å². The Morgan fingerprint density at radius 2 is 2.00 bits per heavy atom. The Balaban J connectivity index is 2.51. The maximum Gasteiger partial charge on any atom is 0.226 e. The fraction of sp³-hybridized carbons (Fsp3) is 0.571. The van der Waals surface area contributed by atoms with E-state index in [1.807, 2.05) is 6.07 Å². The molecular formula is C7H8N2O2. The van der Waals surface area contributed by atoms with Crippen LogP contribution in [0, 0.1) is 17.2 Å². The first kappa shape index (κ1) is 7.73. The summed E-state index contributed by atoms with van der Waals surface area (Å²) >= 11 is 0. The number of amides is 2. The van der Waals surface area contributed by atoms with Gasteiger partial charge in [0, 0.05) is 19.3 Å². The predicted molar refractivity (Wildman–Crippen MR) is 36.1 cm³/mol. The van der Waals surface area contributed by atoms with Crippen LogP contribution in [0.4, 0.5) is 0 Å². The van der Waals surface area contributed by atoms with Crippen molar-refractivity contribution in [3.8, 4) is 6.07 Å². The van der Waals surface area contributed by atoms with Crippen molar-refractivity contribution >= 4 is 11.8 Å². The van der Waals surface area contributed by atoms with Gasteiger partial charge in [0.05, 0.1) is 6.07 Å². The molecule has 1 saturated heterocycles. The van der Waals surface area contributed by atoms with E-state index in [9.17, 15) is 9.59 Å². The van der Waals surface area contributed by atoms with E-state index in [0.717, 1.165) is 0 Å².